The molecule has 0 saturated heterocycles. The molecule has 0 aliphatic carbocycles. The van der Waals surface area contributed by atoms with Gasteiger partial charge in [-0.25, -0.2) is 0 Å². The molecule has 0 heterocycles. The molecule has 1 aromatic carbocycles. The van der Waals surface area contributed by atoms with Crippen LogP contribution < -0.4 is 10.5 Å². The highest BCUT2D eigenvalue weighted by Gasteiger charge is 2.17. The number of halogens is 2. The topological polar surface area (TPSA) is 61.5 Å². The first kappa shape index (κ1) is 14.2. The summed E-state index contributed by atoms with van der Waals surface area (Å²) in [4.78, 5) is 11.4. The number of esters is 1. The van der Waals surface area contributed by atoms with Crippen LogP contribution in [0.2, 0.25) is 0 Å². The molecule has 6 heteroatoms. The SMILES string of the molecule is CCOC(=O)Cc1ccc(N)c(C)c1OC(F)F. The molecule has 0 atom stereocenters. The standard InChI is InChI=1S/C12H15F2NO3/c1-3-17-10(16)6-8-4-5-9(15)7(2)11(8)18-12(13)14/h4-5,12H,3,6,15H2,1-2H3. The van der Waals surface area contributed by atoms with E-state index in [1.807, 2.05) is 0 Å². The van der Waals surface area contributed by atoms with Crippen LogP contribution in [0.1, 0.15) is 18.1 Å². The number of rotatable bonds is 5. The number of nitrogen functional groups attached to an aromatic ring is 1. The molecule has 0 aliphatic heterocycles. The van der Waals surface area contributed by atoms with Crippen LogP contribution in [0.5, 0.6) is 5.75 Å². The molecule has 0 aliphatic rings. The molecular formula is C12H15F2NO3. The molecule has 0 bridgehead atoms. The summed E-state index contributed by atoms with van der Waals surface area (Å²) in [6, 6.07) is 3.03. The Bertz CT molecular complexity index is 436. The number of carbonyl (C=O) groups is 1. The average molecular weight is 259 g/mol. The summed E-state index contributed by atoms with van der Waals surface area (Å²) in [5.41, 5.74) is 6.67. The van der Waals surface area contributed by atoms with Crippen molar-refractivity contribution in [2.75, 3.05) is 12.3 Å². The third-order valence-electron chi connectivity index (χ3n) is 2.38. The maximum absolute atomic E-state index is 12.3. The van der Waals surface area contributed by atoms with Gasteiger partial charge in [0.05, 0.1) is 13.0 Å². The molecule has 100 valence electrons. The zero-order chi connectivity index (χ0) is 13.7. The minimum Gasteiger partial charge on any atom is -0.466 e. The molecular weight excluding hydrogens is 244 g/mol. The van der Waals surface area contributed by atoms with Crippen molar-refractivity contribution in [3.63, 3.8) is 0 Å². The van der Waals surface area contributed by atoms with Crippen molar-refractivity contribution in [2.45, 2.75) is 26.9 Å². The van der Waals surface area contributed by atoms with E-state index in [0.29, 0.717) is 16.8 Å². The number of ether oxygens (including phenoxy) is 2. The van der Waals surface area contributed by atoms with E-state index < -0.39 is 12.6 Å². The van der Waals surface area contributed by atoms with E-state index in [2.05, 4.69) is 4.74 Å². The fourth-order valence-electron chi connectivity index (χ4n) is 1.52. The number of nitrogens with two attached hydrogens (primary N) is 1. The van der Waals surface area contributed by atoms with Gasteiger partial charge in [-0.05, 0) is 19.9 Å². The van der Waals surface area contributed by atoms with Gasteiger partial charge in [0.15, 0.2) is 0 Å². The summed E-state index contributed by atoms with van der Waals surface area (Å²) in [6.07, 6.45) is -0.128. The van der Waals surface area contributed by atoms with Crippen molar-refractivity contribution < 1.29 is 23.0 Å². The normalized spacial score (nSPS) is 10.5. The quantitative estimate of drug-likeness (QED) is 0.651. The molecule has 0 aromatic heterocycles. The summed E-state index contributed by atoms with van der Waals surface area (Å²) in [5.74, 6) is -0.557. The maximum atomic E-state index is 12.3. The Morgan fingerprint density at radius 1 is 1.44 bits per heavy atom. The maximum Gasteiger partial charge on any atom is 0.387 e. The second-order valence-corrected chi connectivity index (χ2v) is 3.63. The molecule has 4 nitrogen and oxygen atoms in total. The average Bonchev–Trinajstić information content (AvgIpc) is 2.28. The van der Waals surface area contributed by atoms with E-state index in [9.17, 15) is 13.6 Å². The number of anilines is 1. The highest BCUT2D eigenvalue weighted by Crippen LogP contribution is 2.30. The van der Waals surface area contributed by atoms with Gasteiger partial charge < -0.3 is 15.2 Å². The van der Waals surface area contributed by atoms with Gasteiger partial charge in [0.2, 0.25) is 0 Å². The number of hydrogen-bond acceptors (Lipinski definition) is 4. The molecule has 1 rings (SSSR count). The lowest BCUT2D eigenvalue weighted by Gasteiger charge is -2.14. The van der Waals surface area contributed by atoms with E-state index in [1.165, 1.54) is 6.07 Å². The van der Waals surface area contributed by atoms with Gasteiger partial charge >= 0.3 is 12.6 Å². The second-order valence-electron chi connectivity index (χ2n) is 3.63. The number of carbonyl (C=O) groups excluding carboxylic acids is 1. The largest absolute Gasteiger partial charge is 0.466 e. The van der Waals surface area contributed by atoms with Crippen molar-refractivity contribution in [1.29, 1.82) is 0 Å². The number of hydrogen-bond donors (Lipinski definition) is 1. The predicted octanol–water partition coefficient (Wildman–Crippen LogP) is 2.28. The van der Waals surface area contributed by atoms with E-state index in [-0.39, 0.29) is 18.8 Å². The first-order chi connectivity index (χ1) is 8.45. The van der Waals surface area contributed by atoms with Crippen LogP contribution in [0, 0.1) is 6.92 Å². The van der Waals surface area contributed by atoms with Crippen LogP contribution >= 0.6 is 0 Å². The smallest absolute Gasteiger partial charge is 0.387 e. The minimum atomic E-state index is -2.97. The fraction of sp³-hybridized carbons (Fsp3) is 0.417. The third kappa shape index (κ3) is 3.58. The Balaban J connectivity index is 3.02. The first-order valence-electron chi connectivity index (χ1n) is 5.44. The van der Waals surface area contributed by atoms with Crippen molar-refractivity contribution in [3.8, 4) is 5.75 Å². The third-order valence-corrected chi connectivity index (χ3v) is 2.38. The van der Waals surface area contributed by atoms with Crippen LogP contribution in [0.4, 0.5) is 14.5 Å². The predicted molar refractivity (Wildman–Crippen MR) is 62.6 cm³/mol. The second kappa shape index (κ2) is 6.18. The Morgan fingerprint density at radius 3 is 2.67 bits per heavy atom. The van der Waals surface area contributed by atoms with Gasteiger partial charge in [-0.1, -0.05) is 6.07 Å². The molecule has 2 N–H and O–H groups in total. The zero-order valence-corrected chi connectivity index (χ0v) is 10.2. The van der Waals surface area contributed by atoms with Crippen LogP contribution in [0.15, 0.2) is 12.1 Å². The molecule has 0 unspecified atom stereocenters. The minimum absolute atomic E-state index is 0.0574. The van der Waals surface area contributed by atoms with Gasteiger partial charge in [0.25, 0.3) is 0 Å². The number of alkyl halides is 2. The molecule has 1 aromatic rings. The Hall–Kier alpha value is -1.85. The molecule has 0 fully saturated rings. The summed E-state index contributed by atoms with van der Waals surface area (Å²) >= 11 is 0. The van der Waals surface area contributed by atoms with E-state index in [1.54, 1.807) is 19.9 Å². The molecule has 0 amide bonds. The molecule has 0 saturated carbocycles. The molecule has 0 spiro atoms. The van der Waals surface area contributed by atoms with Gasteiger partial charge in [-0.2, -0.15) is 8.78 Å². The Kier molecular flexibility index (Phi) is 4.88. The van der Waals surface area contributed by atoms with Crippen molar-refractivity contribution in [3.05, 3.63) is 23.3 Å². The summed E-state index contributed by atoms with van der Waals surface area (Å²) in [7, 11) is 0. The van der Waals surface area contributed by atoms with Gasteiger partial charge in [-0.15, -0.1) is 0 Å². The summed E-state index contributed by atoms with van der Waals surface area (Å²) in [5, 5.41) is 0. The molecule has 0 radical (unpaired) electrons. The van der Waals surface area contributed by atoms with Crippen LogP contribution in [0.3, 0.4) is 0 Å². The van der Waals surface area contributed by atoms with Crippen LogP contribution in [-0.4, -0.2) is 19.2 Å². The zero-order valence-electron chi connectivity index (χ0n) is 10.2. The Labute approximate surface area is 104 Å². The lowest BCUT2D eigenvalue weighted by atomic mass is 10.1. The summed E-state index contributed by atoms with van der Waals surface area (Å²) < 4.78 is 33.8. The Morgan fingerprint density at radius 2 is 2.11 bits per heavy atom. The molecule has 18 heavy (non-hydrogen) atoms. The van der Waals surface area contributed by atoms with Crippen LogP contribution in [-0.2, 0) is 16.0 Å². The van der Waals surface area contributed by atoms with Crippen molar-refractivity contribution in [1.82, 2.24) is 0 Å². The fourth-order valence-corrected chi connectivity index (χ4v) is 1.52. The monoisotopic (exact) mass is 259 g/mol. The first-order valence-corrected chi connectivity index (χ1v) is 5.44. The summed E-state index contributed by atoms with van der Waals surface area (Å²) in [6.45, 7) is 0.494. The highest BCUT2D eigenvalue weighted by molar-refractivity contribution is 5.74. The van der Waals surface area contributed by atoms with Crippen molar-refractivity contribution in [2.24, 2.45) is 0 Å². The lowest BCUT2D eigenvalue weighted by Crippen LogP contribution is -2.12. The van der Waals surface area contributed by atoms with Crippen LogP contribution in [0.25, 0.3) is 0 Å². The van der Waals surface area contributed by atoms with Gasteiger partial charge in [0.1, 0.15) is 5.75 Å². The van der Waals surface area contributed by atoms with Crippen molar-refractivity contribution >= 4 is 11.7 Å². The van der Waals surface area contributed by atoms with E-state index in [0.717, 1.165) is 0 Å². The van der Waals surface area contributed by atoms with Gasteiger partial charge in [-0.3, -0.25) is 4.79 Å². The van der Waals surface area contributed by atoms with E-state index >= 15 is 0 Å². The number of benzene rings is 1. The van der Waals surface area contributed by atoms with Gasteiger partial charge in [0, 0.05) is 16.8 Å². The van der Waals surface area contributed by atoms with E-state index in [4.69, 9.17) is 10.5 Å². The lowest BCUT2D eigenvalue weighted by molar-refractivity contribution is -0.142. The highest BCUT2D eigenvalue weighted by atomic mass is 19.3.